The van der Waals surface area contributed by atoms with Crippen LogP contribution in [0, 0.1) is 17.3 Å². The summed E-state index contributed by atoms with van der Waals surface area (Å²) in [4.78, 5) is 24.9. The van der Waals surface area contributed by atoms with Crippen molar-refractivity contribution in [1.82, 2.24) is 4.90 Å². The molecular weight excluding hydrogens is 250 g/mol. The predicted molar refractivity (Wildman–Crippen MR) is 69.2 cm³/mol. The van der Waals surface area contributed by atoms with Crippen molar-refractivity contribution in [1.29, 1.82) is 0 Å². The van der Waals surface area contributed by atoms with Gasteiger partial charge >= 0.3 is 5.97 Å². The highest BCUT2D eigenvalue weighted by atomic mass is 32.1. The minimum atomic E-state index is -0.873. The number of thiophene rings is 1. The van der Waals surface area contributed by atoms with Crippen molar-refractivity contribution in [2.75, 3.05) is 7.05 Å². The molecule has 1 aromatic rings. The van der Waals surface area contributed by atoms with E-state index in [4.69, 9.17) is 5.11 Å². The standard InChI is InChI=1S/C13H17NO3S/c1-13(2)9(10(13)12(16)17)11(15)14(3)6-8-4-5-18-7-8/h4-5,7,9-10H,6H2,1-3H3,(H,16,17)/t9-,10+/m1/s1. The first-order chi connectivity index (χ1) is 8.35. The lowest BCUT2D eigenvalue weighted by molar-refractivity contribution is -0.141. The molecule has 1 aliphatic rings. The van der Waals surface area contributed by atoms with Gasteiger partial charge in [0.25, 0.3) is 0 Å². The SMILES string of the molecule is CN(Cc1ccsc1)C(=O)[C@H]1[C@@H](C(=O)O)C1(C)C. The minimum Gasteiger partial charge on any atom is -0.481 e. The van der Waals surface area contributed by atoms with E-state index in [1.807, 2.05) is 30.7 Å². The Hall–Kier alpha value is -1.36. The van der Waals surface area contributed by atoms with Gasteiger partial charge in [-0.2, -0.15) is 11.3 Å². The van der Waals surface area contributed by atoms with Crippen molar-refractivity contribution >= 4 is 23.2 Å². The zero-order chi connectivity index (χ0) is 13.5. The molecule has 0 aromatic carbocycles. The predicted octanol–water partition coefficient (Wildman–Crippen LogP) is 2.06. The molecule has 18 heavy (non-hydrogen) atoms. The molecule has 1 saturated carbocycles. The number of rotatable bonds is 4. The lowest BCUT2D eigenvalue weighted by Gasteiger charge is -2.17. The van der Waals surface area contributed by atoms with Crippen LogP contribution in [0.25, 0.3) is 0 Å². The third kappa shape index (κ3) is 2.14. The van der Waals surface area contributed by atoms with Crippen LogP contribution in [0.3, 0.4) is 0 Å². The molecule has 0 radical (unpaired) electrons. The van der Waals surface area contributed by atoms with E-state index in [1.54, 1.807) is 23.3 Å². The summed E-state index contributed by atoms with van der Waals surface area (Å²) in [6, 6.07) is 1.97. The van der Waals surface area contributed by atoms with E-state index in [9.17, 15) is 9.59 Å². The quantitative estimate of drug-likeness (QED) is 0.908. The van der Waals surface area contributed by atoms with E-state index in [1.165, 1.54) is 0 Å². The zero-order valence-electron chi connectivity index (χ0n) is 10.7. The zero-order valence-corrected chi connectivity index (χ0v) is 11.5. The average Bonchev–Trinajstić information content (AvgIpc) is 2.63. The van der Waals surface area contributed by atoms with Crippen LogP contribution < -0.4 is 0 Å². The van der Waals surface area contributed by atoms with Gasteiger partial charge in [0.1, 0.15) is 0 Å². The molecule has 1 aromatic heterocycles. The van der Waals surface area contributed by atoms with Crippen LogP contribution >= 0.6 is 11.3 Å². The van der Waals surface area contributed by atoms with Crippen molar-refractivity contribution in [2.24, 2.45) is 17.3 Å². The highest BCUT2D eigenvalue weighted by molar-refractivity contribution is 7.07. The highest BCUT2D eigenvalue weighted by Crippen LogP contribution is 2.58. The lowest BCUT2D eigenvalue weighted by atomic mass is 10.1. The van der Waals surface area contributed by atoms with Crippen molar-refractivity contribution < 1.29 is 14.7 Å². The molecule has 0 saturated heterocycles. The van der Waals surface area contributed by atoms with E-state index in [2.05, 4.69) is 0 Å². The topological polar surface area (TPSA) is 57.6 Å². The van der Waals surface area contributed by atoms with Gasteiger partial charge in [-0.25, -0.2) is 0 Å². The fourth-order valence-electron chi connectivity index (χ4n) is 2.53. The Morgan fingerprint density at radius 2 is 2.11 bits per heavy atom. The Kier molecular flexibility index (Phi) is 3.19. The Bertz CT molecular complexity index is 467. The first-order valence-electron chi connectivity index (χ1n) is 5.84. The van der Waals surface area contributed by atoms with Gasteiger partial charge in [0.05, 0.1) is 11.8 Å². The van der Waals surface area contributed by atoms with E-state index >= 15 is 0 Å². The van der Waals surface area contributed by atoms with E-state index in [-0.39, 0.29) is 5.91 Å². The van der Waals surface area contributed by atoms with E-state index < -0.39 is 23.2 Å². The van der Waals surface area contributed by atoms with Gasteiger partial charge < -0.3 is 10.0 Å². The lowest BCUT2D eigenvalue weighted by Crippen LogP contribution is -2.29. The summed E-state index contributed by atoms with van der Waals surface area (Å²) >= 11 is 1.59. The van der Waals surface area contributed by atoms with Gasteiger partial charge in [0.15, 0.2) is 0 Å². The van der Waals surface area contributed by atoms with Crippen molar-refractivity contribution in [3.63, 3.8) is 0 Å². The van der Waals surface area contributed by atoms with Gasteiger partial charge in [-0.1, -0.05) is 13.8 Å². The maximum absolute atomic E-state index is 12.2. The number of amides is 1. The summed E-state index contributed by atoms with van der Waals surface area (Å²) in [5.41, 5.74) is 0.660. The van der Waals surface area contributed by atoms with Crippen LogP contribution in [0.1, 0.15) is 19.4 Å². The fraction of sp³-hybridized carbons (Fsp3) is 0.538. The van der Waals surface area contributed by atoms with Crippen molar-refractivity contribution in [3.8, 4) is 0 Å². The summed E-state index contributed by atoms with van der Waals surface area (Å²) in [7, 11) is 1.73. The summed E-state index contributed by atoms with van der Waals surface area (Å²) in [6.07, 6.45) is 0. The Morgan fingerprint density at radius 1 is 1.44 bits per heavy atom. The number of carboxylic acid groups (broad SMARTS) is 1. The minimum absolute atomic E-state index is 0.0707. The van der Waals surface area contributed by atoms with E-state index in [0.717, 1.165) is 5.56 Å². The van der Waals surface area contributed by atoms with E-state index in [0.29, 0.717) is 6.54 Å². The summed E-state index contributed by atoms with van der Waals surface area (Å²) < 4.78 is 0. The second-order valence-corrected chi connectivity index (χ2v) is 6.22. The molecule has 2 atom stereocenters. The van der Waals surface area contributed by atoms with Gasteiger partial charge in [-0.15, -0.1) is 0 Å². The molecule has 98 valence electrons. The normalized spacial score (nSPS) is 24.6. The molecule has 1 amide bonds. The first-order valence-corrected chi connectivity index (χ1v) is 6.79. The summed E-state index contributed by atoms with van der Waals surface area (Å²) in [5, 5.41) is 13.0. The number of hydrogen-bond donors (Lipinski definition) is 1. The number of nitrogens with zero attached hydrogens (tertiary/aromatic N) is 1. The van der Waals surface area contributed by atoms with Crippen LogP contribution in [0.2, 0.25) is 0 Å². The molecule has 1 heterocycles. The second-order valence-electron chi connectivity index (χ2n) is 5.44. The molecule has 1 fully saturated rings. The molecule has 0 aliphatic heterocycles. The van der Waals surface area contributed by atoms with Crippen LogP contribution in [-0.2, 0) is 16.1 Å². The van der Waals surface area contributed by atoms with Crippen molar-refractivity contribution in [2.45, 2.75) is 20.4 Å². The van der Waals surface area contributed by atoms with Crippen LogP contribution in [0.4, 0.5) is 0 Å². The maximum Gasteiger partial charge on any atom is 0.307 e. The van der Waals surface area contributed by atoms with Crippen LogP contribution in [0.5, 0.6) is 0 Å². The molecule has 2 rings (SSSR count). The van der Waals surface area contributed by atoms with Crippen molar-refractivity contribution in [3.05, 3.63) is 22.4 Å². The van der Waals surface area contributed by atoms with Gasteiger partial charge in [-0.05, 0) is 27.8 Å². The van der Waals surface area contributed by atoms with Gasteiger partial charge in [-0.3, -0.25) is 9.59 Å². The maximum atomic E-state index is 12.2. The fourth-order valence-corrected chi connectivity index (χ4v) is 3.19. The van der Waals surface area contributed by atoms with Gasteiger partial charge in [0, 0.05) is 13.6 Å². The molecule has 5 heteroatoms. The molecule has 0 spiro atoms. The van der Waals surface area contributed by atoms with Crippen LogP contribution in [-0.4, -0.2) is 28.9 Å². The average molecular weight is 267 g/mol. The first kappa shape index (κ1) is 13.1. The Morgan fingerprint density at radius 3 is 2.56 bits per heavy atom. The molecule has 0 bridgehead atoms. The monoisotopic (exact) mass is 267 g/mol. The number of carbonyl (C=O) groups is 2. The third-order valence-electron chi connectivity index (χ3n) is 3.74. The Balaban J connectivity index is 2.02. The highest BCUT2D eigenvalue weighted by Gasteiger charge is 2.66. The number of aliphatic carboxylic acids is 1. The molecule has 1 N–H and O–H groups in total. The summed E-state index contributed by atoms with van der Waals surface area (Å²) in [6.45, 7) is 4.22. The smallest absolute Gasteiger partial charge is 0.307 e. The molecule has 1 aliphatic carbocycles. The van der Waals surface area contributed by atoms with Crippen LogP contribution in [0.15, 0.2) is 16.8 Å². The number of carbonyl (C=O) groups excluding carboxylic acids is 1. The molecule has 4 nitrogen and oxygen atoms in total. The second kappa shape index (κ2) is 4.39. The molecule has 0 unspecified atom stereocenters. The number of carboxylic acids is 1. The molecular formula is C13H17NO3S. The van der Waals surface area contributed by atoms with Gasteiger partial charge in [0.2, 0.25) is 5.91 Å². The third-order valence-corrected chi connectivity index (χ3v) is 4.47. The summed E-state index contributed by atoms with van der Waals surface area (Å²) in [5.74, 6) is -1.88. The largest absolute Gasteiger partial charge is 0.481 e. The Labute approximate surface area is 110 Å². The number of hydrogen-bond acceptors (Lipinski definition) is 3.